The predicted molar refractivity (Wildman–Crippen MR) is 61.3 cm³/mol. The van der Waals surface area contributed by atoms with Crippen molar-refractivity contribution < 1.29 is 4.74 Å². The number of aromatic nitrogens is 2. The summed E-state index contributed by atoms with van der Waals surface area (Å²) < 4.78 is 8.00. The molecule has 0 aromatic carbocycles. The molecule has 2 unspecified atom stereocenters. The molecule has 1 N–H and O–H groups in total. The third-order valence-electron chi connectivity index (χ3n) is 3.66. The molecule has 16 heavy (non-hydrogen) atoms. The second kappa shape index (κ2) is 4.18. The van der Waals surface area contributed by atoms with Crippen LogP contribution in [0.25, 0.3) is 0 Å². The zero-order valence-corrected chi connectivity index (χ0v) is 9.78. The van der Waals surface area contributed by atoms with E-state index in [1.54, 1.807) is 0 Å². The Bertz CT molecular complexity index is 374. The lowest BCUT2D eigenvalue weighted by Gasteiger charge is -2.30. The summed E-state index contributed by atoms with van der Waals surface area (Å²) in [4.78, 5) is 4.52. The first-order valence-corrected chi connectivity index (χ1v) is 6.21. The molecule has 0 amide bonds. The summed E-state index contributed by atoms with van der Waals surface area (Å²) in [6.45, 7) is 5.06. The average Bonchev–Trinajstić information content (AvgIpc) is 2.72. The Balaban J connectivity index is 1.85. The minimum atomic E-state index is 0.388. The highest BCUT2D eigenvalue weighted by Gasteiger charge is 2.24. The van der Waals surface area contributed by atoms with Gasteiger partial charge < -0.3 is 14.6 Å². The smallest absolute Gasteiger partial charge is 0.0954 e. The number of fused-ring (bicyclic) bond motifs is 1. The standard InChI is InChI=1S/C12H19N3O/c1-9-6-10(3-5-16-9)15-8-14-11-7-13-4-2-12(11)15/h8-10,13H,2-7H2,1H3. The Kier molecular flexibility index (Phi) is 2.69. The van der Waals surface area contributed by atoms with Crippen LogP contribution in [-0.4, -0.2) is 28.8 Å². The van der Waals surface area contributed by atoms with Crippen LogP contribution in [0.5, 0.6) is 0 Å². The second-order valence-corrected chi connectivity index (χ2v) is 4.83. The molecule has 88 valence electrons. The highest BCUT2D eigenvalue weighted by atomic mass is 16.5. The van der Waals surface area contributed by atoms with Gasteiger partial charge in [-0.2, -0.15) is 0 Å². The van der Waals surface area contributed by atoms with Crippen molar-refractivity contribution in [3.05, 3.63) is 17.7 Å². The van der Waals surface area contributed by atoms with E-state index in [0.717, 1.165) is 39.0 Å². The van der Waals surface area contributed by atoms with Gasteiger partial charge in [0.05, 0.1) is 18.1 Å². The number of imidazole rings is 1. The molecule has 3 rings (SSSR count). The van der Waals surface area contributed by atoms with Gasteiger partial charge >= 0.3 is 0 Å². The predicted octanol–water partition coefficient (Wildman–Crippen LogP) is 1.27. The molecule has 0 bridgehead atoms. The fourth-order valence-corrected chi connectivity index (χ4v) is 2.80. The summed E-state index contributed by atoms with van der Waals surface area (Å²) in [5, 5.41) is 3.37. The fourth-order valence-electron chi connectivity index (χ4n) is 2.80. The van der Waals surface area contributed by atoms with Crippen molar-refractivity contribution in [1.29, 1.82) is 0 Å². The summed E-state index contributed by atoms with van der Waals surface area (Å²) in [5.41, 5.74) is 2.68. The number of hydrogen-bond acceptors (Lipinski definition) is 3. The summed E-state index contributed by atoms with van der Waals surface area (Å²) in [5.74, 6) is 0. The maximum atomic E-state index is 5.60. The molecule has 0 saturated carbocycles. The van der Waals surface area contributed by atoms with Crippen molar-refractivity contribution in [3.63, 3.8) is 0 Å². The molecule has 0 spiro atoms. The molecule has 1 aromatic heterocycles. The molecule has 2 atom stereocenters. The molecule has 0 radical (unpaired) electrons. The van der Waals surface area contributed by atoms with Crippen molar-refractivity contribution in [2.45, 2.75) is 44.9 Å². The van der Waals surface area contributed by atoms with E-state index in [9.17, 15) is 0 Å². The molecular formula is C12H19N3O. The van der Waals surface area contributed by atoms with Crippen LogP contribution in [0.2, 0.25) is 0 Å². The monoisotopic (exact) mass is 221 g/mol. The van der Waals surface area contributed by atoms with E-state index in [4.69, 9.17) is 4.74 Å². The summed E-state index contributed by atoms with van der Waals surface area (Å²) in [6, 6.07) is 0.595. The van der Waals surface area contributed by atoms with Gasteiger partial charge in [0.1, 0.15) is 0 Å². The lowest BCUT2D eigenvalue weighted by Crippen LogP contribution is -2.29. The van der Waals surface area contributed by atoms with Gasteiger partial charge in [-0.05, 0) is 19.8 Å². The zero-order valence-electron chi connectivity index (χ0n) is 9.78. The maximum Gasteiger partial charge on any atom is 0.0954 e. The van der Waals surface area contributed by atoms with E-state index in [0.29, 0.717) is 12.1 Å². The number of hydrogen-bond donors (Lipinski definition) is 1. The van der Waals surface area contributed by atoms with Crippen LogP contribution >= 0.6 is 0 Å². The Labute approximate surface area is 96.0 Å². The molecular weight excluding hydrogens is 202 g/mol. The van der Waals surface area contributed by atoms with Crippen LogP contribution in [0.1, 0.15) is 37.2 Å². The second-order valence-electron chi connectivity index (χ2n) is 4.83. The number of nitrogens with one attached hydrogen (secondary N) is 1. The number of ether oxygens (including phenoxy) is 1. The Morgan fingerprint density at radius 3 is 3.38 bits per heavy atom. The van der Waals surface area contributed by atoms with Gasteiger partial charge in [0.2, 0.25) is 0 Å². The summed E-state index contributed by atoms with van der Waals surface area (Å²) >= 11 is 0. The minimum Gasteiger partial charge on any atom is -0.378 e. The quantitative estimate of drug-likeness (QED) is 0.776. The van der Waals surface area contributed by atoms with Crippen LogP contribution in [0.3, 0.4) is 0 Å². The largest absolute Gasteiger partial charge is 0.378 e. The molecule has 1 fully saturated rings. The van der Waals surface area contributed by atoms with E-state index >= 15 is 0 Å². The van der Waals surface area contributed by atoms with Crippen LogP contribution in [0.4, 0.5) is 0 Å². The van der Waals surface area contributed by atoms with Gasteiger partial charge in [0, 0.05) is 37.9 Å². The van der Waals surface area contributed by atoms with Gasteiger partial charge in [-0.3, -0.25) is 0 Å². The van der Waals surface area contributed by atoms with Crippen LogP contribution < -0.4 is 5.32 Å². The fraction of sp³-hybridized carbons (Fsp3) is 0.750. The Morgan fingerprint density at radius 1 is 1.56 bits per heavy atom. The summed E-state index contributed by atoms with van der Waals surface area (Å²) in [7, 11) is 0. The third-order valence-corrected chi connectivity index (χ3v) is 3.66. The first-order chi connectivity index (χ1) is 7.84. The molecule has 2 aliphatic heterocycles. The van der Waals surface area contributed by atoms with Crippen molar-refractivity contribution in [2.24, 2.45) is 0 Å². The van der Waals surface area contributed by atoms with E-state index < -0.39 is 0 Å². The molecule has 4 nitrogen and oxygen atoms in total. The first kappa shape index (κ1) is 10.3. The highest BCUT2D eigenvalue weighted by molar-refractivity contribution is 5.17. The van der Waals surface area contributed by atoms with E-state index in [1.165, 1.54) is 11.4 Å². The van der Waals surface area contributed by atoms with Crippen LogP contribution in [0.15, 0.2) is 6.33 Å². The van der Waals surface area contributed by atoms with Gasteiger partial charge in [0.15, 0.2) is 0 Å². The molecule has 3 heterocycles. The van der Waals surface area contributed by atoms with Crippen molar-refractivity contribution in [2.75, 3.05) is 13.2 Å². The molecule has 1 aromatic rings. The molecule has 0 aliphatic carbocycles. The van der Waals surface area contributed by atoms with Crippen molar-refractivity contribution >= 4 is 0 Å². The van der Waals surface area contributed by atoms with Gasteiger partial charge in [-0.25, -0.2) is 4.98 Å². The SMILES string of the molecule is CC1CC(n2cnc3c2CCNC3)CCO1. The average molecular weight is 221 g/mol. The summed E-state index contributed by atoms with van der Waals surface area (Å²) in [6.07, 6.45) is 5.77. The first-order valence-electron chi connectivity index (χ1n) is 6.21. The molecule has 2 aliphatic rings. The van der Waals surface area contributed by atoms with E-state index in [2.05, 4.69) is 21.8 Å². The lowest BCUT2D eigenvalue weighted by molar-refractivity contribution is 0.00541. The van der Waals surface area contributed by atoms with Crippen LogP contribution in [0, 0.1) is 0 Å². The minimum absolute atomic E-state index is 0.388. The number of nitrogens with zero attached hydrogens (tertiary/aromatic N) is 2. The molecule has 1 saturated heterocycles. The zero-order chi connectivity index (χ0) is 11.0. The number of rotatable bonds is 1. The van der Waals surface area contributed by atoms with Gasteiger partial charge in [-0.15, -0.1) is 0 Å². The van der Waals surface area contributed by atoms with Crippen LogP contribution in [-0.2, 0) is 17.7 Å². The normalized spacial score (nSPS) is 30.1. The third kappa shape index (κ3) is 1.76. The Morgan fingerprint density at radius 2 is 2.50 bits per heavy atom. The van der Waals surface area contributed by atoms with Crippen molar-refractivity contribution in [1.82, 2.24) is 14.9 Å². The van der Waals surface area contributed by atoms with Crippen molar-refractivity contribution in [3.8, 4) is 0 Å². The van der Waals surface area contributed by atoms with E-state index in [1.807, 2.05) is 6.33 Å². The molecule has 4 heteroatoms. The topological polar surface area (TPSA) is 39.1 Å². The lowest BCUT2D eigenvalue weighted by atomic mass is 10.0. The highest BCUT2D eigenvalue weighted by Crippen LogP contribution is 2.27. The maximum absolute atomic E-state index is 5.60. The van der Waals surface area contributed by atoms with E-state index in [-0.39, 0.29) is 0 Å². The van der Waals surface area contributed by atoms with Gasteiger partial charge in [0.25, 0.3) is 0 Å². The van der Waals surface area contributed by atoms with Gasteiger partial charge in [-0.1, -0.05) is 0 Å². The Hall–Kier alpha value is -0.870.